The molecule has 2 rings (SSSR count). The SMILES string of the molecule is CCOc1ccc(NCC2CCCN2)cc1C. The zero-order chi connectivity index (χ0) is 12.1. The number of nitrogens with one attached hydrogen (secondary N) is 2. The molecule has 17 heavy (non-hydrogen) atoms. The van der Waals surface area contributed by atoms with E-state index in [9.17, 15) is 0 Å². The van der Waals surface area contributed by atoms with Gasteiger partial charge in [-0.15, -0.1) is 0 Å². The fourth-order valence-electron chi connectivity index (χ4n) is 2.25. The van der Waals surface area contributed by atoms with Crippen LogP contribution in [-0.2, 0) is 0 Å². The van der Waals surface area contributed by atoms with Crippen molar-refractivity contribution in [3.05, 3.63) is 23.8 Å². The van der Waals surface area contributed by atoms with Crippen molar-refractivity contribution in [2.24, 2.45) is 0 Å². The molecule has 1 aliphatic heterocycles. The molecule has 0 radical (unpaired) electrons. The predicted molar refractivity (Wildman–Crippen MR) is 71.9 cm³/mol. The maximum atomic E-state index is 5.53. The summed E-state index contributed by atoms with van der Waals surface area (Å²) in [6.45, 7) is 6.99. The molecule has 1 atom stereocenters. The summed E-state index contributed by atoms with van der Waals surface area (Å²) in [4.78, 5) is 0. The zero-order valence-corrected chi connectivity index (χ0v) is 10.8. The van der Waals surface area contributed by atoms with Gasteiger partial charge in [-0.1, -0.05) is 0 Å². The van der Waals surface area contributed by atoms with Gasteiger partial charge in [0.15, 0.2) is 0 Å². The molecule has 1 heterocycles. The Morgan fingerprint density at radius 2 is 2.35 bits per heavy atom. The van der Waals surface area contributed by atoms with Crippen molar-refractivity contribution in [2.45, 2.75) is 32.7 Å². The first-order valence-corrected chi connectivity index (χ1v) is 6.50. The van der Waals surface area contributed by atoms with E-state index in [2.05, 4.69) is 29.7 Å². The van der Waals surface area contributed by atoms with E-state index in [-0.39, 0.29) is 0 Å². The Morgan fingerprint density at radius 1 is 1.47 bits per heavy atom. The van der Waals surface area contributed by atoms with Gasteiger partial charge in [0.05, 0.1) is 6.61 Å². The highest BCUT2D eigenvalue weighted by atomic mass is 16.5. The van der Waals surface area contributed by atoms with Crippen LogP contribution in [0.3, 0.4) is 0 Å². The summed E-state index contributed by atoms with van der Waals surface area (Å²) in [7, 11) is 0. The monoisotopic (exact) mass is 234 g/mol. The van der Waals surface area contributed by atoms with Crippen LogP contribution in [0.15, 0.2) is 18.2 Å². The molecule has 3 nitrogen and oxygen atoms in total. The van der Waals surface area contributed by atoms with Gasteiger partial charge in [0.2, 0.25) is 0 Å². The summed E-state index contributed by atoms with van der Waals surface area (Å²) < 4.78 is 5.53. The van der Waals surface area contributed by atoms with Gasteiger partial charge in [0.1, 0.15) is 5.75 Å². The molecule has 0 aromatic heterocycles. The molecule has 1 saturated heterocycles. The van der Waals surface area contributed by atoms with Gasteiger partial charge in [-0.05, 0) is 57.0 Å². The van der Waals surface area contributed by atoms with Crippen LogP contribution in [0.25, 0.3) is 0 Å². The Hall–Kier alpha value is -1.22. The number of benzene rings is 1. The number of aryl methyl sites for hydroxylation is 1. The van der Waals surface area contributed by atoms with Crippen LogP contribution in [0.5, 0.6) is 5.75 Å². The van der Waals surface area contributed by atoms with Crippen molar-refractivity contribution in [3.8, 4) is 5.75 Å². The minimum Gasteiger partial charge on any atom is -0.494 e. The van der Waals surface area contributed by atoms with Crippen LogP contribution in [0.2, 0.25) is 0 Å². The van der Waals surface area contributed by atoms with Crippen molar-refractivity contribution in [2.75, 3.05) is 25.0 Å². The van der Waals surface area contributed by atoms with E-state index in [0.29, 0.717) is 6.04 Å². The lowest BCUT2D eigenvalue weighted by Crippen LogP contribution is -2.29. The molecule has 3 heteroatoms. The van der Waals surface area contributed by atoms with Gasteiger partial charge in [-0.3, -0.25) is 0 Å². The summed E-state index contributed by atoms with van der Waals surface area (Å²) in [6, 6.07) is 6.91. The molecule has 0 aliphatic carbocycles. The Bertz CT molecular complexity index is 359. The largest absolute Gasteiger partial charge is 0.494 e. The third kappa shape index (κ3) is 3.37. The molecule has 1 aromatic rings. The molecule has 1 fully saturated rings. The Kier molecular flexibility index (Phi) is 4.26. The Labute approximate surface area is 104 Å². The van der Waals surface area contributed by atoms with Crippen molar-refractivity contribution >= 4 is 5.69 Å². The molecule has 2 N–H and O–H groups in total. The number of ether oxygens (including phenoxy) is 1. The highest BCUT2D eigenvalue weighted by Gasteiger charge is 2.13. The second-order valence-electron chi connectivity index (χ2n) is 4.59. The molecule has 1 unspecified atom stereocenters. The molecule has 94 valence electrons. The second-order valence-corrected chi connectivity index (χ2v) is 4.59. The summed E-state index contributed by atoms with van der Waals surface area (Å²) >= 11 is 0. The minimum atomic E-state index is 0.627. The van der Waals surface area contributed by atoms with Crippen molar-refractivity contribution in [1.82, 2.24) is 5.32 Å². The fraction of sp³-hybridized carbons (Fsp3) is 0.571. The first kappa shape index (κ1) is 12.2. The molecular formula is C14H22N2O. The molecule has 0 spiro atoms. The summed E-state index contributed by atoms with van der Waals surface area (Å²) in [5.41, 5.74) is 2.37. The van der Waals surface area contributed by atoms with Crippen LogP contribution in [0.4, 0.5) is 5.69 Å². The number of hydrogen-bond donors (Lipinski definition) is 2. The van der Waals surface area contributed by atoms with E-state index in [1.807, 2.05) is 13.0 Å². The van der Waals surface area contributed by atoms with Crippen LogP contribution in [0.1, 0.15) is 25.3 Å². The van der Waals surface area contributed by atoms with E-state index in [4.69, 9.17) is 4.74 Å². The topological polar surface area (TPSA) is 33.3 Å². The highest BCUT2D eigenvalue weighted by Crippen LogP contribution is 2.22. The number of hydrogen-bond acceptors (Lipinski definition) is 3. The average Bonchev–Trinajstić information content (AvgIpc) is 2.83. The van der Waals surface area contributed by atoms with Crippen molar-refractivity contribution in [3.63, 3.8) is 0 Å². The molecular weight excluding hydrogens is 212 g/mol. The van der Waals surface area contributed by atoms with Gasteiger partial charge >= 0.3 is 0 Å². The van der Waals surface area contributed by atoms with E-state index in [0.717, 1.165) is 25.4 Å². The Morgan fingerprint density at radius 3 is 3.00 bits per heavy atom. The quantitative estimate of drug-likeness (QED) is 0.821. The summed E-state index contributed by atoms with van der Waals surface area (Å²) in [6.07, 6.45) is 2.58. The van der Waals surface area contributed by atoms with Crippen molar-refractivity contribution in [1.29, 1.82) is 0 Å². The first-order valence-electron chi connectivity index (χ1n) is 6.50. The van der Waals surface area contributed by atoms with Gasteiger partial charge in [-0.25, -0.2) is 0 Å². The zero-order valence-electron chi connectivity index (χ0n) is 10.8. The van der Waals surface area contributed by atoms with Crippen LogP contribution in [-0.4, -0.2) is 25.7 Å². The van der Waals surface area contributed by atoms with E-state index < -0.39 is 0 Å². The number of rotatable bonds is 5. The van der Waals surface area contributed by atoms with Crippen LogP contribution < -0.4 is 15.4 Å². The highest BCUT2D eigenvalue weighted by molar-refractivity contribution is 5.50. The lowest BCUT2D eigenvalue weighted by Gasteiger charge is -2.14. The maximum Gasteiger partial charge on any atom is 0.122 e. The van der Waals surface area contributed by atoms with E-state index in [1.54, 1.807) is 0 Å². The number of anilines is 1. The predicted octanol–water partition coefficient (Wildman–Crippen LogP) is 2.56. The second kappa shape index (κ2) is 5.92. The average molecular weight is 234 g/mol. The third-order valence-corrected chi connectivity index (χ3v) is 3.19. The smallest absolute Gasteiger partial charge is 0.122 e. The van der Waals surface area contributed by atoms with E-state index >= 15 is 0 Å². The first-order chi connectivity index (χ1) is 8.29. The molecule has 1 aliphatic rings. The Balaban J connectivity index is 1.90. The molecule has 0 amide bonds. The van der Waals surface area contributed by atoms with Crippen LogP contribution in [0, 0.1) is 6.92 Å². The standard InChI is InChI=1S/C14H22N2O/c1-3-17-14-7-6-12(9-11(14)2)16-10-13-5-4-8-15-13/h6-7,9,13,15-16H,3-5,8,10H2,1-2H3. The minimum absolute atomic E-state index is 0.627. The summed E-state index contributed by atoms with van der Waals surface area (Å²) in [5.74, 6) is 0.983. The lowest BCUT2D eigenvalue weighted by molar-refractivity contribution is 0.338. The van der Waals surface area contributed by atoms with Crippen LogP contribution >= 0.6 is 0 Å². The van der Waals surface area contributed by atoms with E-state index in [1.165, 1.54) is 24.1 Å². The summed E-state index contributed by atoms with van der Waals surface area (Å²) in [5, 5.41) is 6.96. The molecule has 0 saturated carbocycles. The normalized spacial score (nSPS) is 19.3. The maximum absolute atomic E-state index is 5.53. The molecule has 1 aromatic carbocycles. The van der Waals surface area contributed by atoms with Gasteiger partial charge in [-0.2, -0.15) is 0 Å². The van der Waals surface area contributed by atoms with Gasteiger partial charge in [0.25, 0.3) is 0 Å². The third-order valence-electron chi connectivity index (χ3n) is 3.19. The lowest BCUT2D eigenvalue weighted by atomic mass is 10.2. The van der Waals surface area contributed by atoms with Gasteiger partial charge in [0, 0.05) is 18.3 Å². The fourth-order valence-corrected chi connectivity index (χ4v) is 2.25. The van der Waals surface area contributed by atoms with Crippen molar-refractivity contribution < 1.29 is 4.74 Å². The van der Waals surface area contributed by atoms with Gasteiger partial charge < -0.3 is 15.4 Å². The molecule has 0 bridgehead atoms.